The lowest BCUT2D eigenvalue weighted by Gasteiger charge is -2.33. The molecule has 1 aromatic rings. The van der Waals surface area contributed by atoms with Gasteiger partial charge in [-0.15, -0.1) is 0 Å². The van der Waals surface area contributed by atoms with Crippen molar-refractivity contribution in [2.24, 2.45) is 0 Å². The van der Waals surface area contributed by atoms with Gasteiger partial charge in [0.05, 0.1) is 0 Å². The van der Waals surface area contributed by atoms with Crippen LogP contribution in [-0.4, -0.2) is 70.4 Å². The highest BCUT2D eigenvalue weighted by Crippen LogP contribution is 2.38. The van der Waals surface area contributed by atoms with Crippen LogP contribution < -0.4 is 15.1 Å². The number of rotatable bonds is 2. The van der Waals surface area contributed by atoms with E-state index in [9.17, 15) is 14.0 Å². The number of aromatic nitrogens is 1. The highest BCUT2D eigenvalue weighted by Gasteiger charge is 2.37. The van der Waals surface area contributed by atoms with E-state index >= 15 is 0 Å². The van der Waals surface area contributed by atoms with E-state index in [1.165, 1.54) is 5.01 Å². The van der Waals surface area contributed by atoms with Crippen molar-refractivity contribution >= 4 is 17.8 Å². The van der Waals surface area contributed by atoms with E-state index in [1.807, 2.05) is 17.1 Å². The second-order valence-electron chi connectivity index (χ2n) is 8.03. The van der Waals surface area contributed by atoms with Crippen molar-refractivity contribution in [2.45, 2.75) is 31.6 Å². The number of allylic oxidation sites excluding steroid dienone is 1. The van der Waals surface area contributed by atoms with Crippen LogP contribution >= 0.6 is 0 Å². The quantitative estimate of drug-likeness (QED) is 0.787. The Kier molecular flexibility index (Phi) is 3.89. The first-order chi connectivity index (χ1) is 13.8. The number of ether oxygens (including phenoxy) is 1. The summed E-state index contributed by atoms with van der Waals surface area (Å²) in [5.74, 6) is 1.15. The third-order valence-electron chi connectivity index (χ3n) is 5.88. The number of urea groups is 1. The Balaban J connectivity index is 1.34. The maximum Gasteiger partial charge on any atom is 0.339 e. The molecule has 5 rings (SSSR count). The second-order valence-corrected chi connectivity index (χ2v) is 8.03. The third-order valence-corrected chi connectivity index (χ3v) is 5.88. The number of nitrogens with one attached hydrogen (secondary N) is 2. The van der Waals surface area contributed by atoms with E-state index < -0.39 is 5.67 Å². The molecule has 2 N–H and O–H groups in total. The Labute approximate surface area is 167 Å². The van der Waals surface area contributed by atoms with Crippen LogP contribution in [0, 0.1) is 0 Å². The summed E-state index contributed by atoms with van der Waals surface area (Å²) in [6.45, 7) is 2.70. The molecule has 1 atom stereocenters. The molecule has 1 unspecified atom stereocenters. The van der Waals surface area contributed by atoms with Gasteiger partial charge in [0, 0.05) is 38.1 Å². The van der Waals surface area contributed by atoms with Crippen molar-refractivity contribution in [1.29, 1.82) is 0 Å². The van der Waals surface area contributed by atoms with Crippen LogP contribution in [0.4, 0.5) is 15.0 Å². The monoisotopic (exact) mass is 402 g/mol. The van der Waals surface area contributed by atoms with E-state index in [0.29, 0.717) is 49.9 Å². The van der Waals surface area contributed by atoms with E-state index in [2.05, 4.69) is 10.4 Å². The maximum atomic E-state index is 14.0. The number of carbonyl (C=O) groups is 2. The minimum absolute atomic E-state index is 0.126. The molecule has 9 nitrogen and oxygen atoms in total. The number of hydrogen-bond donors (Lipinski definition) is 2. The summed E-state index contributed by atoms with van der Waals surface area (Å²) in [4.78, 5) is 33.2. The molecule has 2 fully saturated rings. The van der Waals surface area contributed by atoms with Crippen molar-refractivity contribution in [3.63, 3.8) is 0 Å². The Bertz CT molecular complexity index is 928. The Morgan fingerprint density at radius 1 is 1.34 bits per heavy atom. The van der Waals surface area contributed by atoms with Crippen LogP contribution in [-0.2, 0) is 0 Å². The van der Waals surface area contributed by atoms with Crippen LogP contribution in [0.25, 0.3) is 0 Å². The van der Waals surface area contributed by atoms with Crippen LogP contribution in [0.3, 0.4) is 0 Å². The second kappa shape index (κ2) is 6.24. The standard InChI is InChI=1S/C19H23FN6O3/c1-19(20)4-7-24(8-5-19)17(27)13-10-14-16(21-13)26(11-29-14)12-3-6-25-15(9-12)22-23(2)18(25)28/h3,6,9-10,15,21-22H,4-5,7-8,11H2,1-2H3. The minimum Gasteiger partial charge on any atom is -0.469 e. The average Bonchev–Trinajstić information content (AvgIpc) is 3.34. The molecular formula is C19H23FN6O3. The first-order valence-corrected chi connectivity index (χ1v) is 9.66. The van der Waals surface area contributed by atoms with E-state index in [-0.39, 0.29) is 18.1 Å². The molecule has 0 radical (unpaired) electrons. The van der Waals surface area contributed by atoms with Crippen molar-refractivity contribution in [1.82, 2.24) is 25.2 Å². The Morgan fingerprint density at radius 2 is 2.10 bits per heavy atom. The lowest BCUT2D eigenvalue weighted by molar-refractivity contribution is 0.0499. The number of nitrogens with zero attached hydrogens (tertiary/aromatic N) is 4. The zero-order valence-electron chi connectivity index (χ0n) is 16.3. The van der Waals surface area contributed by atoms with Gasteiger partial charge >= 0.3 is 6.03 Å². The molecule has 10 heteroatoms. The molecule has 1 aromatic heterocycles. The number of fused-ring (bicyclic) bond motifs is 2. The number of carbonyl (C=O) groups excluding carboxylic acids is 2. The van der Waals surface area contributed by atoms with E-state index in [0.717, 1.165) is 5.70 Å². The first kappa shape index (κ1) is 18.0. The normalized spacial score (nSPS) is 25.1. The van der Waals surface area contributed by atoms with Gasteiger partial charge in [-0.1, -0.05) is 0 Å². The molecule has 2 saturated heterocycles. The molecular weight excluding hydrogens is 379 g/mol. The Hall–Kier alpha value is -3.01. The number of hydrazine groups is 1. The molecule has 0 spiro atoms. The van der Waals surface area contributed by atoms with Crippen molar-refractivity contribution in [3.8, 4) is 5.75 Å². The number of H-pyrrole nitrogens is 1. The summed E-state index contributed by atoms with van der Waals surface area (Å²) in [6.07, 6.45) is 5.91. The molecule has 0 saturated carbocycles. The number of anilines is 1. The van der Waals surface area contributed by atoms with Gasteiger partial charge in [-0.2, -0.15) is 0 Å². The molecule has 3 amide bonds. The van der Waals surface area contributed by atoms with Gasteiger partial charge in [-0.3, -0.25) is 19.6 Å². The molecule has 5 heterocycles. The van der Waals surface area contributed by atoms with Gasteiger partial charge < -0.3 is 14.6 Å². The Morgan fingerprint density at radius 3 is 2.86 bits per heavy atom. The third kappa shape index (κ3) is 2.94. The first-order valence-electron chi connectivity index (χ1n) is 9.66. The van der Waals surface area contributed by atoms with Gasteiger partial charge in [-0.05, 0) is 31.9 Å². The number of likely N-dealkylation sites (tertiary alicyclic amines) is 1. The van der Waals surface area contributed by atoms with E-state index in [4.69, 9.17) is 4.74 Å². The summed E-state index contributed by atoms with van der Waals surface area (Å²) < 4.78 is 19.8. The fraction of sp³-hybridized carbons (Fsp3) is 0.474. The molecule has 0 aromatic carbocycles. The molecule has 29 heavy (non-hydrogen) atoms. The summed E-state index contributed by atoms with van der Waals surface area (Å²) in [7, 11) is 1.67. The zero-order valence-corrected chi connectivity index (χ0v) is 16.3. The van der Waals surface area contributed by atoms with Crippen molar-refractivity contribution < 1.29 is 18.7 Å². The molecule has 154 valence electrons. The van der Waals surface area contributed by atoms with Crippen molar-refractivity contribution in [2.75, 3.05) is 31.8 Å². The number of aromatic amines is 1. The minimum atomic E-state index is -1.20. The van der Waals surface area contributed by atoms with Gasteiger partial charge in [-0.25, -0.2) is 14.6 Å². The number of piperidine rings is 1. The predicted molar refractivity (Wildman–Crippen MR) is 103 cm³/mol. The molecule has 4 aliphatic heterocycles. The fourth-order valence-corrected chi connectivity index (χ4v) is 4.04. The van der Waals surface area contributed by atoms with Crippen LogP contribution in [0.1, 0.15) is 30.3 Å². The number of amides is 3. The highest BCUT2D eigenvalue weighted by atomic mass is 19.1. The number of alkyl halides is 1. The lowest BCUT2D eigenvalue weighted by atomic mass is 9.95. The van der Waals surface area contributed by atoms with Crippen LogP contribution in [0.15, 0.2) is 30.1 Å². The molecule has 0 bridgehead atoms. The fourth-order valence-electron chi connectivity index (χ4n) is 4.04. The largest absolute Gasteiger partial charge is 0.469 e. The summed E-state index contributed by atoms with van der Waals surface area (Å²) >= 11 is 0. The van der Waals surface area contributed by atoms with Crippen LogP contribution in [0.2, 0.25) is 0 Å². The summed E-state index contributed by atoms with van der Waals surface area (Å²) in [5.41, 5.74) is 3.15. The molecule has 4 aliphatic rings. The predicted octanol–water partition coefficient (Wildman–Crippen LogP) is 1.74. The zero-order chi connectivity index (χ0) is 20.3. The SMILES string of the molecule is CN1NC2C=C(N3COc4cc(C(=O)N5CCC(C)(F)CC5)[nH]c43)C=CN2C1=O. The number of halogens is 1. The van der Waals surface area contributed by atoms with Gasteiger partial charge in [0.15, 0.2) is 18.3 Å². The van der Waals surface area contributed by atoms with Gasteiger partial charge in [0.1, 0.15) is 17.5 Å². The van der Waals surface area contributed by atoms with Crippen molar-refractivity contribution in [3.05, 3.63) is 35.8 Å². The summed E-state index contributed by atoms with van der Waals surface area (Å²) in [6, 6.07) is 1.57. The average molecular weight is 402 g/mol. The highest BCUT2D eigenvalue weighted by molar-refractivity contribution is 5.94. The summed E-state index contributed by atoms with van der Waals surface area (Å²) in [5, 5.41) is 1.44. The van der Waals surface area contributed by atoms with Gasteiger partial charge in [0.2, 0.25) is 0 Å². The maximum absolute atomic E-state index is 14.0. The number of hydrogen-bond acceptors (Lipinski definition) is 5. The smallest absolute Gasteiger partial charge is 0.339 e. The van der Waals surface area contributed by atoms with Crippen LogP contribution in [0.5, 0.6) is 5.75 Å². The molecule has 0 aliphatic carbocycles. The topological polar surface area (TPSA) is 84.2 Å². The van der Waals surface area contributed by atoms with Gasteiger partial charge in [0.25, 0.3) is 5.91 Å². The van der Waals surface area contributed by atoms with E-state index in [1.54, 1.807) is 36.0 Å². The lowest BCUT2D eigenvalue weighted by Crippen LogP contribution is -2.43.